The molecule has 5 heteroatoms. The zero-order valence-electron chi connectivity index (χ0n) is 11.8. The van der Waals surface area contributed by atoms with Gasteiger partial charge in [0, 0.05) is 11.3 Å². The quantitative estimate of drug-likeness (QED) is 0.756. The minimum atomic E-state index is -1.14. The van der Waals surface area contributed by atoms with E-state index in [9.17, 15) is 9.59 Å². The summed E-state index contributed by atoms with van der Waals surface area (Å²) in [6.45, 7) is 3.78. The molecular weight excluding hydrogens is 268 g/mol. The Morgan fingerprint density at radius 3 is 2.38 bits per heavy atom. The van der Waals surface area contributed by atoms with Crippen molar-refractivity contribution in [2.24, 2.45) is 0 Å². The molecule has 0 aromatic heterocycles. The largest absolute Gasteiger partial charge is 0.478 e. The van der Waals surface area contributed by atoms with Crippen molar-refractivity contribution >= 4 is 23.3 Å². The highest BCUT2D eigenvalue weighted by molar-refractivity contribution is 6.08. The molecule has 0 fully saturated rings. The number of anilines is 2. The Labute approximate surface area is 122 Å². The molecule has 0 radical (unpaired) electrons. The molecule has 0 bridgehead atoms. The van der Waals surface area contributed by atoms with E-state index in [-0.39, 0.29) is 17.2 Å². The minimum absolute atomic E-state index is 0.0342. The Hall–Kier alpha value is -2.82. The number of nitrogens with two attached hydrogens (primary N) is 1. The van der Waals surface area contributed by atoms with Gasteiger partial charge in [0.1, 0.15) is 0 Å². The molecule has 108 valence electrons. The number of hydrogen-bond donors (Lipinski definition) is 3. The van der Waals surface area contributed by atoms with Crippen LogP contribution in [0.4, 0.5) is 11.4 Å². The van der Waals surface area contributed by atoms with E-state index in [0.717, 1.165) is 11.1 Å². The lowest BCUT2D eigenvalue weighted by molar-refractivity contribution is 0.0698. The molecule has 0 heterocycles. The Bertz CT molecular complexity index is 723. The lowest BCUT2D eigenvalue weighted by Gasteiger charge is -2.11. The van der Waals surface area contributed by atoms with Gasteiger partial charge in [0.25, 0.3) is 5.91 Å². The first-order valence-corrected chi connectivity index (χ1v) is 6.40. The Morgan fingerprint density at radius 2 is 1.76 bits per heavy atom. The van der Waals surface area contributed by atoms with Crippen LogP contribution in [0.2, 0.25) is 0 Å². The van der Waals surface area contributed by atoms with Crippen molar-refractivity contribution in [3.8, 4) is 0 Å². The number of carboxylic acids is 1. The molecule has 21 heavy (non-hydrogen) atoms. The van der Waals surface area contributed by atoms with E-state index in [0.29, 0.717) is 11.3 Å². The number of nitrogens with one attached hydrogen (secondary N) is 1. The smallest absolute Gasteiger partial charge is 0.337 e. The summed E-state index contributed by atoms with van der Waals surface area (Å²) in [7, 11) is 0. The van der Waals surface area contributed by atoms with Crippen LogP contribution in [0.3, 0.4) is 0 Å². The summed E-state index contributed by atoms with van der Waals surface area (Å²) in [5, 5.41) is 11.8. The topological polar surface area (TPSA) is 92.4 Å². The maximum atomic E-state index is 12.3. The van der Waals surface area contributed by atoms with Gasteiger partial charge in [-0.3, -0.25) is 4.79 Å². The van der Waals surface area contributed by atoms with Crippen molar-refractivity contribution in [3.05, 3.63) is 58.7 Å². The van der Waals surface area contributed by atoms with E-state index in [1.165, 1.54) is 12.1 Å². The molecule has 5 nitrogen and oxygen atoms in total. The van der Waals surface area contributed by atoms with E-state index in [1.807, 2.05) is 26.0 Å². The Morgan fingerprint density at radius 1 is 1.05 bits per heavy atom. The zero-order valence-corrected chi connectivity index (χ0v) is 11.8. The maximum Gasteiger partial charge on any atom is 0.337 e. The van der Waals surface area contributed by atoms with Crippen molar-refractivity contribution in [1.29, 1.82) is 0 Å². The number of aryl methyl sites for hydroxylation is 2. The zero-order chi connectivity index (χ0) is 15.6. The molecule has 0 saturated heterocycles. The third-order valence-corrected chi connectivity index (χ3v) is 3.15. The Balaban J connectivity index is 2.34. The fourth-order valence-corrected chi connectivity index (χ4v) is 2.11. The summed E-state index contributed by atoms with van der Waals surface area (Å²) in [4.78, 5) is 23.5. The number of amides is 1. The van der Waals surface area contributed by atoms with Gasteiger partial charge in [-0.15, -0.1) is 0 Å². The number of hydrogen-bond acceptors (Lipinski definition) is 3. The molecule has 0 atom stereocenters. The maximum absolute atomic E-state index is 12.3. The van der Waals surface area contributed by atoms with Gasteiger partial charge in [0.15, 0.2) is 0 Å². The van der Waals surface area contributed by atoms with Crippen LogP contribution in [-0.4, -0.2) is 17.0 Å². The van der Waals surface area contributed by atoms with Crippen LogP contribution in [0.25, 0.3) is 0 Å². The summed E-state index contributed by atoms with van der Waals surface area (Å²) in [6.07, 6.45) is 0. The first-order chi connectivity index (χ1) is 9.88. The average Bonchev–Trinajstić information content (AvgIpc) is 2.40. The molecule has 0 aliphatic rings. The molecule has 0 spiro atoms. The normalized spacial score (nSPS) is 10.2. The van der Waals surface area contributed by atoms with Crippen LogP contribution in [0.5, 0.6) is 0 Å². The average molecular weight is 284 g/mol. The minimum Gasteiger partial charge on any atom is -0.478 e. The summed E-state index contributed by atoms with van der Waals surface area (Å²) in [6, 6.07) is 9.81. The lowest BCUT2D eigenvalue weighted by Crippen LogP contribution is -2.16. The third-order valence-electron chi connectivity index (χ3n) is 3.15. The second-order valence-corrected chi connectivity index (χ2v) is 4.88. The van der Waals surface area contributed by atoms with Gasteiger partial charge in [-0.25, -0.2) is 4.79 Å². The number of carbonyl (C=O) groups excluding carboxylic acids is 1. The molecule has 0 saturated carbocycles. The van der Waals surface area contributed by atoms with E-state index in [1.54, 1.807) is 12.1 Å². The molecule has 0 unspecified atom stereocenters. The Kier molecular flexibility index (Phi) is 3.93. The van der Waals surface area contributed by atoms with Crippen molar-refractivity contribution in [2.75, 3.05) is 11.1 Å². The number of carboxylic acid groups (broad SMARTS) is 1. The summed E-state index contributed by atoms with van der Waals surface area (Å²) < 4.78 is 0. The molecule has 4 N–H and O–H groups in total. The van der Waals surface area contributed by atoms with Gasteiger partial charge >= 0.3 is 5.97 Å². The van der Waals surface area contributed by atoms with Crippen LogP contribution in [0.1, 0.15) is 31.8 Å². The predicted octanol–water partition coefficient (Wildman–Crippen LogP) is 2.84. The van der Waals surface area contributed by atoms with Crippen LogP contribution < -0.4 is 11.1 Å². The highest BCUT2D eigenvalue weighted by atomic mass is 16.4. The molecule has 0 aliphatic carbocycles. The van der Waals surface area contributed by atoms with Crippen LogP contribution >= 0.6 is 0 Å². The fourth-order valence-electron chi connectivity index (χ4n) is 2.11. The summed E-state index contributed by atoms with van der Waals surface area (Å²) >= 11 is 0. The second-order valence-electron chi connectivity index (χ2n) is 4.88. The van der Waals surface area contributed by atoms with Gasteiger partial charge in [-0.05, 0) is 43.7 Å². The molecule has 1 amide bonds. The number of carbonyl (C=O) groups is 2. The van der Waals surface area contributed by atoms with E-state index >= 15 is 0 Å². The number of nitrogen functional groups attached to an aromatic ring is 1. The van der Waals surface area contributed by atoms with Crippen molar-refractivity contribution in [2.45, 2.75) is 13.8 Å². The monoisotopic (exact) mass is 284 g/mol. The van der Waals surface area contributed by atoms with Crippen LogP contribution in [-0.2, 0) is 0 Å². The van der Waals surface area contributed by atoms with Crippen LogP contribution in [0.15, 0.2) is 36.4 Å². The third kappa shape index (κ3) is 3.20. The van der Waals surface area contributed by atoms with Gasteiger partial charge in [0.05, 0.1) is 11.3 Å². The summed E-state index contributed by atoms with van der Waals surface area (Å²) in [5.74, 6) is -1.49. The first-order valence-electron chi connectivity index (χ1n) is 6.40. The van der Waals surface area contributed by atoms with E-state index < -0.39 is 5.97 Å². The number of aromatic carboxylic acids is 1. The van der Waals surface area contributed by atoms with Gasteiger partial charge in [-0.1, -0.05) is 17.7 Å². The SMILES string of the molecule is Cc1ccc(C(=O)Nc2ccc(N)cc2C(=O)O)c(C)c1. The van der Waals surface area contributed by atoms with Crippen molar-refractivity contribution in [3.63, 3.8) is 0 Å². The number of rotatable bonds is 3. The van der Waals surface area contributed by atoms with Crippen molar-refractivity contribution < 1.29 is 14.7 Å². The molecule has 2 aromatic carbocycles. The highest BCUT2D eigenvalue weighted by Gasteiger charge is 2.15. The predicted molar refractivity (Wildman–Crippen MR) is 81.7 cm³/mol. The molecule has 0 aliphatic heterocycles. The van der Waals surface area contributed by atoms with E-state index in [2.05, 4.69) is 5.32 Å². The first kappa shape index (κ1) is 14.6. The van der Waals surface area contributed by atoms with Crippen molar-refractivity contribution in [1.82, 2.24) is 0 Å². The van der Waals surface area contributed by atoms with Gasteiger partial charge < -0.3 is 16.2 Å². The lowest BCUT2D eigenvalue weighted by atomic mass is 10.0. The second kappa shape index (κ2) is 5.66. The van der Waals surface area contributed by atoms with Crippen LogP contribution in [0, 0.1) is 13.8 Å². The van der Waals surface area contributed by atoms with Gasteiger partial charge in [0.2, 0.25) is 0 Å². The van der Waals surface area contributed by atoms with Gasteiger partial charge in [-0.2, -0.15) is 0 Å². The molecular formula is C16H16N2O3. The van der Waals surface area contributed by atoms with E-state index in [4.69, 9.17) is 10.8 Å². The number of benzene rings is 2. The molecule has 2 aromatic rings. The summed E-state index contributed by atoms with van der Waals surface area (Å²) in [5.41, 5.74) is 8.49. The fraction of sp³-hybridized carbons (Fsp3) is 0.125. The highest BCUT2D eigenvalue weighted by Crippen LogP contribution is 2.20. The standard InChI is InChI=1S/C16H16N2O3/c1-9-3-5-12(10(2)7-9)15(19)18-14-6-4-11(17)8-13(14)16(20)21/h3-8H,17H2,1-2H3,(H,18,19)(H,20,21). The molecule has 2 rings (SSSR count).